The molecule has 3 aromatic rings. The highest BCUT2D eigenvalue weighted by molar-refractivity contribution is 5.80. The zero-order chi connectivity index (χ0) is 13.2. The van der Waals surface area contributed by atoms with Crippen molar-refractivity contribution in [1.29, 1.82) is 0 Å². The molecule has 0 aliphatic carbocycles. The van der Waals surface area contributed by atoms with Crippen LogP contribution < -0.4 is 10.5 Å². The third-order valence-corrected chi connectivity index (χ3v) is 3.26. The quantitative estimate of drug-likeness (QED) is 0.727. The van der Waals surface area contributed by atoms with Crippen molar-refractivity contribution >= 4 is 16.6 Å². The molecular formula is C16H16N2O. The van der Waals surface area contributed by atoms with E-state index in [2.05, 4.69) is 41.1 Å². The number of nitrogen functional groups attached to an aromatic ring is 1. The number of fused-ring (bicyclic) bond motifs is 1. The molecule has 0 radical (unpaired) electrons. The summed E-state index contributed by atoms with van der Waals surface area (Å²) in [7, 11) is 1.66. The van der Waals surface area contributed by atoms with Gasteiger partial charge < -0.3 is 15.0 Å². The topological polar surface area (TPSA) is 40.2 Å². The molecular weight excluding hydrogens is 236 g/mol. The molecule has 19 heavy (non-hydrogen) atoms. The third-order valence-electron chi connectivity index (χ3n) is 3.26. The molecule has 3 heteroatoms. The minimum absolute atomic E-state index is 0.728. The summed E-state index contributed by atoms with van der Waals surface area (Å²) < 4.78 is 7.46. The standard InChI is InChI=1S/C16H16N2O/c1-19-15-9-12(8-14(17)10-15)11-18-7-6-13-4-2-3-5-16(13)18/h2-10H,11,17H2,1H3. The second-order valence-electron chi connectivity index (χ2n) is 4.62. The molecule has 0 unspecified atom stereocenters. The van der Waals surface area contributed by atoms with Gasteiger partial charge in [0.15, 0.2) is 0 Å². The highest BCUT2D eigenvalue weighted by Crippen LogP contribution is 2.21. The fourth-order valence-corrected chi connectivity index (χ4v) is 2.37. The van der Waals surface area contributed by atoms with Crippen LogP contribution in [-0.2, 0) is 6.54 Å². The van der Waals surface area contributed by atoms with E-state index in [1.807, 2.05) is 18.2 Å². The van der Waals surface area contributed by atoms with Crippen LogP contribution in [0, 0.1) is 0 Å². The number of aromatic nitrogens is 1. The zero-order valence-corrected chi connectivity index (χ0v) is 10.8. The van der Waals surface area contributed by atoms with Crippen molar-refractivity contribution in [3.63, 3.8) is 0 Å². The van der Waals surface area contributed by atoms with Gasteiger partial charge in [-0.25, -0.2) is 0 Å². The number of hydrogen-bond acceptors (Lipinski definition) is 2. The summed E-state index contributed by atoms with van der Waals surface area (Å²) in [5.41, 5.74) is 8.98. The Balaban J connectivity index is 1.99. The fraction of sp³-hybridized carbons (Fsp3) is 0.125. The van der Waals surface area contributed by atoms with Crippen LogP contribution in [-0.4, -0.2) is 11.7 Å². The first-order valence-electron chi connectivity index (χ1n) is 6.23. The van der Waals surface area contributed by atoms with Crippen molar-refractivity contribution in [3.05, 3.63) is 60.3 Å². The monoisotopic (exact) mass is 252 g/mol. The third kappa shape index (κ3) is 2.27. The Morgan fingerprint density at radius 1 is 1.11 bits per heavy atom. The lowest BCUT2D eigenvalue weighted by atomic mass is 10.2. The number of ether oxygens (including phenoxy) is 1. The van der Waals surface area contributed by atoms with Crippen LogP contribution in [0.15, 0.2) is 54.7 Å². The van der Waals surface area contributed by atoms with E-state index in [4.69, 9.17) is 10.5 Å². The minimum Gasteiger partial charge on any atom is -0.497 e. The first-order chi connectivity index (χ1) is 9.26. The number of methoxy groups -OCH3 is 1. The second kappa shape index (κ2) is 4.69. The molecule has 2 aromatic carbocycles. The number of para-hydroxylation sites is 1. The van der Waals surface area contributed by atoms with Crippen molar-refractivity contribution in [3.8, 4) is 5.75 Å². The summed E-state index contributed by atoms with van der Waals surface area (Å²) in [6.07, 6.45) is 2.10. The van der Waals surface area contributed by atoms with Crippen molar-refractivity contribution in [2.24, 2.45) is 0 Å². The molecule has 0 fully saturated rings. The molecule has 0 aliphatic rings. The number of rotatable bonds is 3. The first kappa shape index (κ1) is 11.7. The Bertz CT molecular complexity index is 716. The molecule has 0 spiro atoms. The van der Waals surface area contributed by atoms with Crippen LogP contribution in [0.3, 0.4) is 0 Å². The highest BCUT2D eigenvalue weighted by atomic mass is 16.5. The summed E-state index contributed by atoms with van der Waals surface area (Å²) in [5, 5.41) is 1.25. The van der Waals surface area contributed by atoms with Gasteiger partial charge in [-0.1, -0.05) is 18.2 Å². The molecule has 1 heterocycles. The maximum atomic E-state index is 5.89. The van der Waals surface area contributed by atoms with Gasteiger partial charge in [-0.15, -0.1) is 0 Å². The Morgan fingerprint density at radius 2 is 1.95 bits per heavy atom. The maximum Gasteiger partial charge on any atom is 0.121 e. The predicted octanol–water partition coefficient (Wildman–Crippen LogP) is 3.28. The molecule has 0 atom stereocenters. The average Bonchev–Trinajstić information content (AvgIpc) is 2.82. The van der Waals surface area contributed by atoms with Crippen LogP contribution >= 0.6 is 0 Å². The predicted molar refractivity (Wildman–Crippen MR) is 78.4 cm³/mol. The molecule has 0 bridgehead atoms. The second-order valence-corrected chi connectivity index (χ2v) is 4.62. The van der Waals surface area contributed by atoms with E-state index in [1.54, 1.807) is 7.11 Å². The Morgan fingerprint density at radius 3 is 2.79 bits per heavy atom. The molecule has 0 saturated heterocycles. The zero-order valence-electron chi connectivity index (χ0n) is 10.8. The van der Waals surface area contributed by atoms with Gasteiger partial charge in [0.2, 0.25) is 0 Å². The fourth-order valence-electron chi connectivity index (χ4n) is 2.37. The SMILES string of the molecule is COc1cc(N)cc(Cn2ccc3ccccc32)c1. The number of nitrogens with zero attached hydrogens (tertiary/aromatic N) is 1. The maximum absolute atomic E-state index is 5.89. The first-order valence-corrected chi connectivity index (χ1v) is 6.23. The number of anilines is 1. The van der Waals surface area contributed by atoms with E-state index in [-0.39, 0.29) is 0 Å². The molecule has 2 N–H and O–H groups in total. The smallest absolute Gasteiger partial charge is 0.121 e. The number of benzene rings is 2. The summed E-state index contributed by atoms with van der Waals surface area (Å²) in [5.74, 6) is 0.798. The lowest BCUT2D eigenvalue weighted by Gasteiger charge is -2.09. The molecule has 3 nitrogen and oxygen atoms in total. The molecule has 3 rings (SSSR count). The van der Waals surface area contributed by atoms with Gasteiger partial charge in [-0.2, -0.15) is 0 Å². The molecule has 0 amide bonds. The summed E-state index contributed by atoms with van der Waals surface area (Å²) in [4.78, 5) is 0. The van der Waals surface area contributed by atoms with Crippen molar-refractivity contribution in [2.75, 3.05) is 12.8 Å². The Labute approximate surface area is 112 Å². The van der Waals surface area contributed by atoms with E-state index in [9.17, 15) is 0 Å². The van der Waals surface area contributed by atoms with Gasteiger partial charge in [0.1, 0.15) is 5.75 Å². The number of nitrogens with two attached hydrogens (primary N) is 1. The van der Waals surface area contributed by atoms with Gasteiger partial charge in [-0.3, -0.25) is 0 Å². The normalized spacial score (nSPS) is 10.8. The molecule has 0 saturated carbocycles. The summed E-state index contributed by atoms with van der Waals surface area (Å²) >= 11 is 0. The highest BCUT2D eigenvalue weighted by Gasteiger charge is 2.03. The Hall–Kier alpha value is -2.42. The van der Waals surface area contributed by atoms with Gasteiger partial charge >= 0.3 is 0 Å². The Kier molecular flexibility index (Phi) is 2.88. The van der Waals surface area contributed by atoms with Gasteiger partial charge in [0.05, 0.1) is 7.11 Å². The summed E-state index contributed by atoms with van der Waals surface area (Å²) in [6, 6.07) is 16.3. The van der Waals surface area contributed by atoms with Gasteiger partial charge in [0.25, 0.3) is 0 Å². The largest absolute Gasteiger partial charge is 0.497 e. The van der Waals surface area contributed by atoms with Gasteiger partial charge in [0, 0.05) is 30.0 Å². The van der Waals surface area contributed by atoms with Crippen LogP contribution in [0.5, 0.6) is 5.75 Å². The lowest BCUT2D eigenvalue weighted by molar-refractivity contribution is 0.414. The molecule has 1 aromatic heterocycles. The van der Waals surface area contributed by atoms with Crippen molar-refractivity contribution in [2.45, 2.75) is 6.54 Å². The minimum atomic E-state index is 0.728. The van der Waals surface area contributed by atoms with E-state index < -0.39 is 0 Å². The average molecular weight is 252 g/mol. The summed E-state index contributed by atoms with van der Waals surface area (Å²) in [6.45, 7) is 0.787. The molecule has 0 aliphatic heterocycles. The van der Waals surface area contributed by atoms with Crippen LogP contribution in [0.1, 0.15) is 5.56 Å². The van der Waals surface area contributed by atoms with E-state index in [1.165, 1.54) is 10.9 Å². The van der Waals surface area contributed by atoms with Crippen LogP contribution in [0.25, 0.3) is 10.9 Å². The van der Waals surface area contributed by atoms with E-state index in [0.717, 1.165) is 23.5 Å². The van der Waals surface area contributed by atoms with Crippen LogP contribution in [0.4, 0.5) is 5.69 Å². The van der Waals surface area contributed by atoms with E-state index >= 15 is 0 Å². The molecule has 96 valence electrons. The van der Waals surface area contributed by atoms with Crippen molar-refractivity contribution < 1.29 is 4.74 Å². The van der Waals surface area contributed by atoms with Crippen molar-refractivity contribution in [1.82, 2.24) is 4.57 Å². The van der Waals surface area contributed by atoms with E-state index in [0.29, 0.717) is 0 Å². The van der Waals surface area contributed by atoms with Crippen LogP contribution in [0.2, 0.25) is 0 Å². The number of hydrogen-bond donors (Lipinski definition) is 1. The lowest BCUT2D eigenvalue weighted by Crippen LogP contribution is -1.99. The van der Waals surface area contributed by atoms with Gasteiger partial charge in [-0.05, 0) is 35.2 Å².